The summed E-state index contributed by atoms with van der Waals surface area (Å²) >= 11 is 0. The Bertz CT molecular complexity index is 395. The lowest BCUT2D eigenvalue weighted by atomic mass is 9.80. The molecule has 0 fully saturated rings. The predicted octanol–water partition coefficient (Wildman–Crippen LogP) is 4.11. The van der Waals surface area contributed by atoms with Crippen LogP contribution in [0.3, 0.4) is 0 Å². The van der Waals surface area contributed by atoms with Gasteiger partial charge in [-0.2, -0.15) is 0 Å². The minimum atomic E-state index is -0.981. The van der Waals surface area contributed by atoms with E-state index in [4.69, 9.17) is 14.9 Å². The van der Waals surface area contributed by atoms with E-state index in [1.54, 1.807) is 6.92 Å². The fraction of sp³-hybridized carbons (Fsp3) is 0.684. The largest absolute Gasteiger partial charge is 0.478 e. The van der Waals surface area contributed by atoms with Crippen LogP contribution in [0.25, 0.3) is 0 Å². The molecule has 0 aromatic heterocycles. The number of unbranched alkanes of at least 4 members (excludes halogenated alkanes) is 1. The molecule has 1 atom stereocenters. The molecule has 5 nitrogen and oxygen atoms in total. The summed E-state index contributed by atoms with van der Waals surface area (Å²) in [6.45, 7) is 15.1. The molecule has 0 radical (unpaired) electrons. The number of aliphatic carboxylic acids is 1. The monoisotopic (exact) mass is 342 g/mol. The second-order valence-corrected chi connectivity index (χ2v) is 6.32. The zero-order chi connectivity index (χ0) is 19.2. The molecule has 0 amide bonds. The van der Waals surface area contributed by atoms with Crippen LogP contribution in [-0.2, 0) is 14.3 Å². The van der Waals surface area contributed by atoms with Gasteiger partial charge in [0.1, 0.15) is 6.61 Å². The van der Waals surface area contributed by atoms with Gasteiger partial charge in [-0.1, -0.05) is 53.2 Å². The van der Waals surface area contributed by atoms with Crippen molar-refractivity contribution in [1.82, 2.24) is 0 Å². The standard InChI is InChI=1S/C16H30O3.C3H4O2/c1-6-16(5,7-2)11-9-8-10-13(3)15(18)19-12-14(4)17;1-2-3(4)5/h14,17H,3,6-12H2,1-2,4-5H3;2H,1H2,(H,4,5). The Kier molecular flexibility index (Phi) is 14.1. The minimum Gasteiger partial charge on any atom is -0.478 e. The molecule has 0 bridgehead atoms. The van der Waals surface area contributed by atoms with Gasteiger partial charge in [0.25, 0.3) is 0 Å². The first-order valence-corrected chi connectivity index (χ1v) is 8.50. The predicted molar refractivity (Wildman–Crippen MR) is 96.8 cm³/mol. The lowest BCUT2D eigenvalue weighted by molar-refractivity contribution is -0.141. The Morgan fingerprint density at radius 1 is 1.25 bits per heavy atom. The van der Waals surface area contributed by atoms with Crippen molar-refractivity contribution in [2.24, 2.45) is 5.41 Å². The first-order chi connectivity index (χ1) is 11.1. The number of carboxylic acid groups (broad SMARTS) is 1. The summed E-state index contributed by atoms with van der Waals surface area (Å²) in [6, 6.07) is 0. The summed E-state index contributed by atoms with van der Waals surface area (Å²) in [6.07, 6.45) is 6.56. The number of esters is 1. The lowest BCUT2D eigenvalue weighted by Crippen LogP contribution is -2.16. The van der Waals surface area contributed by atoms with Crippen molar-refractivity contribution in [3.63, 3.8) is 0 Å². The van der Waals surface area contributed by atoms with E-state index in [1.165, 1.54) is 19.3 Å². The Hall–Kier alpha value is -1.62. The molecule has 0 spiro atoms. The quantitative estimate of drug-likeness (QED) is 0.335. The number of rotatable bonds is 11. The number of carbonyl (C=O) groups excluding carboxylic acids is 1. The lowest BCUT2D eigenvalue weighted by Gasteiger charge is -2.26. The molecule has 24 heavy (non-hydrogen) atoms. The average Bonchev–Trinajstić information content (AvgIpc) is 2.56. The van der Waals surface area contributed by atoms with Crippen LogP contribution in [-0.4, -0.2) is 34.9 Å². The van der Waals surface area contributed by atoms with Crippen molar-refractivity contribution in [3.05, 3.63) is 24.8 Å². The van der Waals surface area contributed by atoms with Crippen molar-refractivity contribution in [2.75, 3.05) is 6.61 Å². The van der Waals surface area contributed by atoms with Gasteiger partial charge >= 0.3 is 11.9 Å². The van der Waals surface area contributed by atoms with Crippen molar-refractivity contribution >= 4 is 11.9 Å². The van der Waals surface area contributed by atoms with Gasteiger partial charge < -0.3 is 14.9 Å². The van der Waals surface area contributed by atoms with E-state index in [0.29, 0.717) is 17.4 Å². The second-order valence-electron chi connectivity index (χ2n) is 6.32. The van der Waals surface area contributed by atoms with E-state index in [2.05, 4.69) is 33.9 Å². The highest BCUT2D eigenvalue weighted by Gasteiger charge is 2.19. The summed E-state index contributed by atoms with van der Waals surface area (Å²) in [5, 5.41) is 16.6. The van der Waals surface area contributed by atoms with Crippen LogP contribution in [0.4, 0.5) is 0 Å². The maximum Gasteiger partial charge on any atom is 0.333 e. The van der Waals surface area contributed by atoms with Crippen LogP contribution < -0.4 is 0 Å². The topological polar surface area (TPSA) is 83.8 Å². The van der Waals surface area contributed by atoms with Crippen molar-refractivity contribution in [1.29, 1.82) is 0 Å². The number of hydrogen-bond donors (Lipinski definition) is 2. The van der Waals surface area contributed by atoms with Gasteiger partial charge in [0.15, 0.2) is 0 Å². The highest BCUT2D eigenvalue weighted by Crippen LogP contribution is 2.31. The molecule has 2 N–H and O–H groups in total. The summed E-state index contributed by atoms with van der Waals surface area (Å²) in [7, 11) is 0. The molecule has 0 aliphatic carbocycles. The Labute approximate surface area is 146 Å². The van der Waals surface area contributed by atoms with Gasteiger partial charge in [-0.15, -0.1) is 0 Å². The SMILES string of the molecule is C=C(CCCCC(C)(CC)CC)C(=O)OCC(C)O.C=CC(=O)O. The van der Waals surface area contributed by atoms with Crippen LogP contribution >= 0.6 is 0 Å². The third-order valence-corrected chi connectivity index (χ3v) is 4.13. The number of carbonyl (C=O) groups is 2. The van der Waals surface area contributed by atoms with Crippen molar-refractivity contribution in [2.45, 2.75) is 72.3 Å². The molecule has 0 saturated carbocycles. The fourth-order valence-electron chi connectivity index (χ4n) is 1.89. The van der Waals surface area contributed by atoms with Gasteiger partial charge in [0, 0.05) is 11.6 Å². The molecule has 0 aromatic carbocycles. The zero-order valence-corrected chi connectivity index (χ0v) is 15.6. The first kappa shape index (κ1) is 24.6. The molecule has 0 heterocycles. The third kappa shape index (κ3) is 14.0. The Morgan fingerprint density at radius 3 is 2.12 bits per heavy atom. The molecular formula is C19H34O5. The van der Waals surface area contributed by atoms with E-state index in [1.807, 2.05) is 0 Å². The molecule has 5 heteroatoms. The smallest absolute Gasteiger partial charge is 0.333 e. The molecule has 0 rings (SSSR count). The van der Waals surface area contributed by atoms with E-state index in [-0.39, 0.29) is 12.6 Å². The summed E-state index contributed by atoms with van der Waals surface area (Å²) < 4.78 is 4.92. The van der Waals surface area contributed by atoms with E-state index >= 15 is 0 Å². The fourth-order valence-corrected chi connectivity index (χ4v) is 1.89. The molecule has 1 unspecified atom stereocenters. The number of ether oxygens (including phenoxy) is 1. The van der Waals surface area contributed by atoms with Crippen molar-refractivity contribution in [3.8, 4) is 0 Å². The number of hydrogen-bond acceptors (Lipinski definition) is 4. The van der Waals surface area contributed by atoms with Gasteiger partial charge in [-0.3, -0.25) is 0 Å². The Balaban J connectivity index is 0. The van der Waals surface area contributed by atoms with Crippen LogP contribution in [0.2, 0.25) is 0 Å². The molecule has 0 saturated heterocycles. The summed E-state index contributed by atoms with van der Waals surface area (Å²) in [5.74, 6) is -1.36. The van der Waals surface area contributed by atoms with Crippen molar-refractivity contribution < 1.29 is 24.5 Å². The number of carboxylic acids is 1. The Morgan fingerprint density at radius 2 is 1.75 bits per heavy atom. The first-order valence-electron chi connectivity index (χ1n) is 8.50. The second kappa shape index (κ2) is 13.8. The van der Waals surface area contributed by atoms with Gasteiger partial charge in [-0.05, 0) is 31.6 Å². The van der Waals surface area contributed by atoms with Gasteiger partial charge in [-0.25, -0.2) is 9.59 Å². The van der Waals surface area contributed by atoms with Gasteiger partial charge in [0.05, 0.1) is 6.10 Å². The van der Waals surface area contributed by atoms with E-state index in [9.17, 15) is 9.59 Å². The highest BCUT2D eigenvalue weighted by atomic mass is 16.5. The normalized spacial score (nSPS) is 11.7. The zero-order valence-electron chi connectivity index (χ0n) is 15.6. The van der Waals surface area contributed by atoms with E-state index < -0.39 is 12.1 Å². The maximum atomic E-state index is 11.5. The summed E-state index contributed by atoms with van der Waals surface area (Å²) in [5.41, 5.74) is 0.934. The van der Waals surface area contributed by atoms with Crippen LogP contribution in [0.15, 0.2) is 24.8 Å². The molecule has 140 valence electrons. The third-order valence-electron chi connectivity index (χ3n) is 4.13. The number of aliphatic hydroxyl groups excluding tert-OH is 1. The molecule has 0 aliphatic rings. The molecule has 0 aromatic rings. The van der Waals surface area contributed by atoms with Gasteiger partial charge in [0.2, 0.25) is 0 Å². The summed E-state index contributed by atoms with van der Waals surface area (Å²) in [4.78, 5) is 20.8. The molecule has 0 aliphatic heterocycles. The van der Waals surface area contributed by atoms with Crippen LogP contribution in [0.1, 0.15) is 66.2 Å². The molecular weight excluding hydrogens is 308 g/mol. The average molecular weight is 342 g/mol. The van der Waals surface area contributed by atoms with E-state index in [0.717, 1.165) is 18.9 Å². The van der Waals surface area contributed by atoms with Crippen LogP contribution in [0.5, 0.6) is 0 Å². The highest BCUT2D eigenvalue weighted by molar-refractivity contribution is 5.87. The van der Waals surface area contributed by atoms with Crippen LogP contribution in [0, 0.1) is 5.41 Å². The minimum absolute atomic E-state index is 0.0432. The number of aliphatic hydroxyl groups is 1. The maximum absolute atomic E-state index is 11.5.